The van der Waals surface area contributed by atoms with Crippen molar-refractivity contribution < 1.29 is 4.74 Å². The van der Waals surface area contributed by atoms with E-state index in [4.69, 9.17) is 4.74 Å². The van der Waals surface area contributed by atoms with Crippen molar-refractivity contribution in [3.8, 4) is 11.4 Å². The summed E-state index contributed by atoms with van der Waals surface area (Å²) >= 11 is 0. The average Bonchev–Trinajstić information content (AvgIpc) is 3.27. The molecule has 0 bridgehead atoms. The summed E-state index contributed by atoms with van der Waals surface area (Å²) in [5.41, 5.74) is 2.07. The van der Waals surface area contributed by atoms with Crippen molar-refractivity contribution in [1.29, 1.82) is 0 Å². The van der Waals surface area contributed by atoms with E-state index in [0.29, 0.717) is 6.54 Å². The molecule has 1 unspecified atom stereocenters. The number of ether oxygens (including phenoxy) is 1. The molecule has 2 heterocycles. The Labute approximate surface area is 141 Å². The van der Waals surface area contributed by atoms with Gasteiger partial charge in [0, 0.05) is 32.3 Å². The SMILES string of the molecule is CN=C(NCc1cccc(-c2ncn[nH]2)c1)NCC1(C)CCCO1. The van der Waals surface area contributed by atoms with Crippen LogP contribution in [0.3, 0.4) is 0 Å². The zero-order valence-corrected chi connectivity index (χ0v) is 14.2. The Bertz CT molecular complexity index is 676. The summed E-state index contributed by atoms with van der Waals surface area (Å²) in [7, 11) is 1.78. The van der Waals surface area contributed by atoms with E-state index in [2.05, 4.69) is 49.9 Å². The highest BCUT2D eigenvalue weighted by Crippen LogP contribution is 2.23. The molecular weight excluding hydrogens is 304 g/mol. The van der Waals surface area contributed by atoms with Crippen LogP contribution in [-0.2, 0) is 11.3 Å². The van der Waals surface area contributed by atoms with Crippen LogP contribution >= 0.6 is 0 Å². The molecule has 1 atom stereocenters. The van der Waals surface area contributed by atoms with Crippen molar-refractivity contribution in [2.45, 2.75) is 31.9 Å². The minimum atomic E-state index is -0.0934. The number of H-pyrrole nitrogens is 1. The zero-order valence-electron chi connectivity index (χ0n) is 14.2. The number of aromatic amines is 1. The second-order valence-electron chi connectivity index (χ2n) is 6.22. The van der Waals surface area contributed by atoms with Crippen molar-refractivity contribution in [3.05, 3.63) is 36.2 Å². The first-order chi connectivity index (χ1) is 11.7. The lowest BCUT2D eigenvalue weighted by Gasteiger charge is -2.24. The molecule has 0 saturated carbocycles. The van der Waals surface area contributed by atoms with Crippen LogP contribution in [0.1, 0.15) is 25.3 Å². The van der Waals surface area contributed by atoms with E-state index >= 15 is 0 Å². The van der Waals surface area contributed by atoms with Gasteiger partial charge in [0.1, 0.15) is 6.33 Å². The van der Waals surface area contributed by atoms with Gasteiger partial charge in [-0.15, -0.1) is 0 Å². The third-order valence-corrected chi connectivity index (χ3v) is 4.23. The van der Waals surface area contributed by atoms with E-state index in [9.17, 15) is 0 Å². The van der Waals surface area contributed by atoms with Crippen LogP contribution in [0.4, 0.5) is 0 Å². The third-order valence-electron chi connectivity index (χ3n) is 4.23. The Morgan fingerprint density at radius 1 is 1.42 bits per heavy atom. The highest BCUT2D eigenvalue weighted by atomic mass is 16.5. The molecule has 0 radical (unpaired) electrons. The topological polar surface area (TPSA) is 87.2 Å². The molecule has 0 aliphatic carbocycles. The quantitative estimate of drug-likeness (QED) is 0.574. The minimum Gasteiger partial charge on any atom is -0.373 e. The van der Waals surface area contributed by atoms with Gasteiger partial charge in [-0.3, -0.25) is 10.1 Å². The van der Waals surface area contributed by atoms with Crippen molar-refractivity contribution in [1.82, 2.24) is 25.8 Å². The molecule has 3 N–H and O–H groups in total. The fraction of sp³-hybridized carbons (Fsp3) is 0.471. The number of aliphatic imine (C=N–C) groups is 1. The van der Waals surface area contributed by atoms with E-state index in [1.807, 2.05) is 12.1 Å². The Kier molecular flexibility index (Phi) is 5.10. The van der Waals surface area contributed by atoms with Gasteiger partial charge in [0.05, 0.1) is 5.60 Å². The van der Waals surface area contributed by atoms with Gasteiger partial charge in [-0.25, -0.2) is 4.98 Å². The largest absolute Gasteiger partial charge is 0.373 e. The normalized spacial score (nSPS) is 21.0. The molecule has 1 aromatic heterocycles. The van der Waals surface area contributed by atoms with Crippen LogP contribution in [0.2, 0.25) is 0 Å². The van der Waals surface area contributed by atoms with E-state index in [-0.39, 0.29) is 5.60 Å². The first kappa shape index (κ1) is 16.4. The molecule has 24 heavy (non-hydrogen) atoms. The van der Waals surface area contributed by atoms with E-state index in [1.54, 1.807) is 7.05 Å². The van der Waals surface area contributed by atoms with E-state index in [1.165, 1.54) is 6.33 Å². The van der Waals surface area contributed by atoms with Crippen molar-refractivity contribution in [2.24, 2.45) is 4.99 Å². The minimum absolute atomic E-state index is 0.0934. The maximum atomic E-state index is 5.79. The highest BCUT2D eigenvalue weighted by Gasteiger charge is 2.29. The van der Waals surface area contributed by atoms with Crippen LogP contribution in [0.15, 0.2) is 35.6 Å². The molecule has 1 aromatic carbocycles. The van der Waals surface area contributed by atoms with Gasteiger partial charge in [0.2, 0.25) is 0 Å². The number of nitrogens with one attached hydrogen (secondary N) is 3. The molecule has 128 valence electrons. The number of benzene rings is 1. The van der Waals surface area contributed by atoms with Crippen LogP contribution in [0.25, 0.3) is 11.4 Å². The Morgan fingerprint density at radius 2 is 2.33 bits per heavy atom. The number of hydrogen-bond acceptors (Lipinski definition) is 4. The van der Waals surface area contributed by atoms with Crippen LogP contribution < -0.4 is 10.6 Å². The monoisotopic (exact) mass is 328 g/mol. The number of rotatable bonds is 5. The summed E-state index contributed by atoms with van der Waals surface area (Å²) in [5, 5.41) is 13.5. The molecule has 0 amide bonds. The van der Waals surface area contributed by atoms with Gasteiger partial charge in [-0.1, -0.05) is 18.2 Å². The average molecular weight is 328 g/mol. The first-order valence-corrected chi connectivity index (χ1v) is 8.22. The summed E-state index contributed by atoms with van der Waals surface area (Å²) in [6.07, 6.45) is 3.71. The fourth-order valence-electron chi connectivity index (χ4n) is 2.83. The molecule has 1 saturated heterocycles. The van der Waals surface area contributed by atoms with Crippen molar-refractivity contribution >= 4 is 5.96 Å². The predicted octanol–water partition coefficient (Wildman–Crippen LogP) is 1.71. The maximum Gasteiger partial charge on any atom is 0.191 e. The standard InChI is InChI=1S/C17H24N6O/c1-17(7-4-8-24-17)11-20-16(18-2)19-10-13-5-3-6-14(9-13)15-21-12-22-23-15/h3,5-6,9,12H,4,7-8,10-11H2,1-2H3,(H2,18,19,20)(H,21,22,23). The number of hydrogen-bond donors (Lipinski definition) is 3. The molecule has 7 heteroatoms. The second-order valence-corrected chi connectivity index (χ2v) is 6.22. The molecule has 1 aliphatic rings. The van der Waals surface area contributed by atoms with Gasteiger partial charge < -0.3 is 15.4 Å². The lowest BCUT2D eigenvalue weighted by Crippen LogP contribution is -2.45. The molecule has 2 aromatic rings. The van der Waals surface area contributed by atoms with Gasteiger partial charge in [0.25, 0.3) is 0 Å². The van der Waals surface area contributed by atoms with Crippen molar-refractivity contribution in [3.63, 3.8) is 0 Å². The van der Waals surface area contributed by atoms with Gasteiger partial charge >= 0.3 is 0 Å². The number of nitrogens with zero attached hydrogens (tertiary/aromatic N) is 3. The van der Waals surface area contributed by atoms with E-state index in [0.717, 1.165) is 48.9 Å². The zero-order chi connectivity index (χ0) is 16.8. The fourth-order valence-corrected chi connectivity index (χ4v) is 2.83. The third kappa shape index (κ3) is 4.11. The smallest absolute Gasteiger partial charge is 0.191 e. The second kappa shape index (κ2) is 7.44. The molecule has 0 spiro atoms. The van der Waals surface area contributed by atoms with E-state index < -0.39 is 0 Å². The summed E-state index contributed by atoms with van der Waals surface area (Å²) < 4.78 is 5.79. The summed E-state index contributed by atoms with van der Waals surface area (Å²) in [4.78, 5) is 8.46. The predicted molar refractivity (Wildman–Crippen MR) is 93.6 cm³/mol. The number of guanidine groups is 1. The molecule has 1 aliphatic heterocycles. The lowest BCUT2D eigenvalue weighted by atomic mass is 10.0. The van der Waals surface area contributed by atoms with Gasteiger partial charge in [-0.2, -0.15) is 5.10 Å². The lowest BCUT2D eigenvalue weighted by molar-refractivity contribution is 0.0243. The first-order valence-electron chi connectivity index (χ1n) is 8.22. The van der Waals surface area contributed by atoms with Gasteiger partial charge in [0.15, 0.2) is 11.8 Å². The Balaban J connectivity index is 1.55. The highest BCUT2D eigenvalue weighted by molar-refractivity contribution is 5.79. The van der Waals surface area contributed by atoms with Crippen LogP contribution in [0, 0.1) is 0 Å². The number of aromatic nitrogens is 3. The van der Waals surface area contributed by atoms with Crippen LogP contribution in [0.5, 0.6) is 0 Å². The molecular formula is C17H24N6O. The van der Waals surface area contributed by atoms with Gasteiger partial charge in [-0.05, 0) is 31.4 Å². The summed E-state index contributed by atoms with van der Waals surface area (Å²) in [5.74, 6) is 1.54. The molecule has 3 rings (SSSR count). The summed E-state index contributed by atoms with van der Waals surface area (Å²) in [6.45, 7) is 4.42. The Hall–Kier alpha value is -2.41. The Morgan fingerprint density at radius 3 is 3.04 bits per heavy atom. The van der Waals surface area contributed by atoms with Crippen LogP contribution in [-0.4, -0.2) is 46.9 Å². The molecule has 7 nitrogen and oxygen atoms in total. The summed E-state index contributed by atoms with van der Waals surface area (Å²) in [6, 6.07) is 8.18. The molecule has 1 fully saturated rings. The maximum absolute atomic E-state index is 5.79. The van der Waals surface area contributed by atoms with Crippen molar-refractivity contribution in [2.75, 3.05) is 20.2 Å².